The second kappa shape index (κ2) is 9.53. The SMILES string of the molecule is CCCC(=O)OC(C)N1C(C)=C(C(=O)O)C(c2cccc(Cl)c2Cl)C(C(=O)O)=C1C. The van der Waals surface area contributed by atoms with E-state index in [-0.39, 0.29) is 44.6 Å². The van der Waals surface area contributed by atoms with Crippen LogP contribution in [-0.4, -0.2) is 39.2 Å². The lowest BCUT2D eigenvalue weighted by molar-refractivity contribution is -0.154. The van der Waals surface area contributed by atoms with Crippen LogP contribution in [0.1, 0.15) is 52.0 Å². The van der Waals surface area contributed by atoms with Crippen LogP contribution in [-0.2, 0) is 19.1 Å². The maximum absolute atomic E-state index is 12.2. The summed E-state index contributed by atoms with van der Waals surface area (Å²) in [5.74, 6) is -4.23. The van der Waals surface area contributed by atoms with Crippen molar-refractivity contribution in [3.05, 3.63) is 56.3 Å². The van der Waals surface area contributed by atoms with Gasteiger partial charge in [-0.25, -0.2) is 9.59 Å². The second-order valence-electron chi connectivity index (χ2n) is 6.89. The molecular weight excluding hydrogens is 433 g/mol. The average molecular weight is 456 g/mol. The second-order valence-corrected chi connectivity index (χ2v) is 7.68. The zero-order chi connectivity index (χ0) is 22.7. The Morgan fingerprint density at radius 2 is 1.63 bits per heavy atom. The standard InChI is InChI=1S/C21H23Cl2NO6/c1-5-7-15(25)30-12(4)24-10(2)16(20(26)27)18(17(11(24)3)21(28)29)13-8-6-9-14(22)19(13)23/h6,8-9,12,18H,5,7H2,1-4H3,(H,26,27)(H,28,29). The highest BCUT2D eigenvalue weighted by atomic mass is 35.5. The molecular formula is C21H23Cl2NO6. The van der Waals surface area contributed by atoms with E-state index in [1.165, 1.54) is 11.0 Å². The third kappa shape index (κ3) is 4.47. The summed E-state index contributed by atoms with van der Waals surface area (Å²) in [6.07, 6.45) is -0.114. The molecule has 0 aromatic heterocycles. The zero-order valence-corrected chi connectivity index (χ0v) is 18.5. The molecule has 0 fully saturated rings. The van der Waals surface area contributed by atoms with Gasteiger partial charge in [0.05, 0.1) is 27.1 Å². The van der Waals surface area contributed by atoms with Crippen molar-refractivity contribution < 1.29 is 29.3 Å². The summed E-state index contributed by atoms with van der Waals surface area (Å²) < 4.78 is 5.40. The van der Waals surface area contributed by atoms with Gasteiger partial charge in [-0.05, 0) is 38.8 Å². The molecule has 0 bridgehead atoms. The molecule has 1 aliphatic heterocycles. The Balaban J connectivity index is 2.72. The van der Waals surface area contributed by atoms with Crippen LogP contribution in [0.15, 0.2) is 40.7 Å². The van der Waals surface area contributed by atoms with E-state index >= 15 is 0 Å². The predicted molar refractivity (Wildman–Crippen MR) is 112 cm³/mol. The molecule has 30 heavy (non-hydrogen) atoms. The Hall–Kier alpha value is -2.51. The smallest absolute Gasteiger partial charge is 0.334 e. The molecule has 1 aromatic carbocycles. The summed E-state index contributed by atoms with van der Waals surface area (Å²) in [4.78, 5) is 37.8. The highest BCUT2D eigenvalue weighted by molar-refractivity contribution is 6.42. The Morgan fingerprint density at radius 1 is 1.10 bits per heavy atom. The van der Waals surface area contributed by atoms with E-state index in [0.717, 1.165) is 0 Å². The number of halogens is 2. The lowest BCUT2D eigenvalue weighted by Crippen LogP contribution is -2.41. The van der Waals surface area contributed by atoms with Crippen LogP contribution in [0, 0.1) is 0 Å². The number of ether oxygens (including phenoxy) is 1. The molecule has 1 aliphatic rings. The van der Waals surface area contributed by atoms with Gasteiger partial charge in [0.25, 0.3) is 0 Å². The molecule has 1 atom stereocenters. The summed E-state index contributed by atoms with van der Waals surface area (Å²) in [6.45, 7) is 6.47. The highest BCUT2D eigenvalue weighted by Crippen LogP contribution is 2.46. The zero-order valence-electron chi connectivity index (χ0n) is 17.0. The number of esters is 1. The molecule has 0 radical (unpaired) electrons. The molecule has 1 heterocycles. The summed E-state index contributed by atoms with van der Waals surface area (Å²) >= 11 is 12.4. The molecule has 1 unspecified atom stereocenters. The van der Waals surface area contributed by atoms with Gasteiger partial charge < -0.3 is 19.8 Å². The highest BCUT2D eigenvalue weighted by Gasteiger charge is 2.42. The largest absolute Gasteiger partial charge is 0.478 e. The van der Waals surface area contributed by atoms with Gasteiger partial charge in [0.2, 0.25) is 0 Å². The number of carboxylic acid groups (broad SMARTS) is 2. The molecule has 0 saturated heterocycles. The lowest BCUT2D eigenvalue weighted by atomic mass is 9.79. The van der Waals surface area contributed by atoms with Crippen molar-refractivity contribution in [2.75, 3.05) is 0 Å². The minimum Gasteiger partial charge on any atom is -0.478 e. The Bertz CT molecular complexity index is 915. The topological polar surface area (TPSA) is 104 Å². The molecule has 2 N–H and O–H groups in total. The molecule has 0 amide bonds. The fraction of sp³-hybridized carbons (Fsp3) is 0.381. The van der Waals surface area contributed by atoms with Crippen LogP contribution in [0.5, 0.6) is 0 Å². The lowest BCUT2D eigenvalue weighted by Gasteiger charge is -2.40. The van der Waals surface area contributed by atoms with Crippen LogP contribution >= 0.6 is 23.2 Å². The van der Waals surface area contributed by atoms with E-state index in [9.17, 15) is 24.6 Å². The number of aliphatic carboxylic acids is 2. The minimum atomic E-state index is -1.31. The van der Waals surface area contributed by atoms with Crippen molar-refractivity contribution in [3.63, 3.8) is 0 Å². The molecule has 0 saturated carbocycles. The fourth-order valence-corrected chi connectivity index (χ4v) is 4.15. The fourth-order valence-electron chi connectivity index (χ4n) is 3.74. The molecule has 0 aliphatic carbocycles. The monoisotopic (exact) mass is 455 g/mol. The van der Waals surface area contributed by atoms with Crippen LogP contribution in [0.3, 0.4) is 0 Å². The number of nitrogens with zero attached hydrogens (tertiary/aromatic N) is 1. The first-order valence-electron chi connectivity index (χ1n) is 9.33. The van der Waals surface area contributed by atoms with Crippen molar-refractivity contribution >= 4 is 41.1 Å². The van der Waals surface area contributed by atoms with Crippen molar-refractivity contribution in [3.8, 4) is 0 Å². The molecule has 162 valence electrons. The summed E-state index contributed by atoms with van der Waals surface area (Å²) in [5.41, 5.74) is 0.416. The van der Waals surface area contributed by atoms with E-state index in [2.05, 4.69) is 0 Å². The van der Waals surface area contributed by atoms with E-state index < -0.39 is 30.1 Å². The summed E-state index contributed by atoms with van der Waals surface area (Å²) in [6, 6.07) is 4.66. The first kappa shape index (κ1) is 23.8. The predicted octanol–water partition coefficient (Wildman–Crippen LogP) is 4.80. The molecule has 2 rings (SSSR count). The van der Waals surface area contributed by atoms with Gasteiger partial charge in [-0.2, -0.15) is 0 Å². The minimum absolute atomic E-state index is 0.0816. The van der Waals surface area contributed by atoms with Gasteiger partial charge >= 0.3 is 17.9 Å². The van der Waals surface area contributed by atoms with Crippen molar-refractivity contribution in [1.29, 1.82) is 0 Å². The number of benzene rings is 1. The number of allylic oxidation sites excluding steroid dienone is 2. The van der Waals surface area contributed by atoms with Crippen LogP contribution in [0.2, 0.25) is 10.0 Å². The average Bonchev–Trinajstić information content (AvgIpc) is 2.62. The number of carboxylic acids is 2. The van der Waals surface area contributed by atoms with Crippen LogP contribution in [0.4, 0.5) is 0 Å². The number of carbonyl (C=O) groups is 3. The van der Waals surface area contributed by atoms with E-state index in [1.807, 2.05) is 6.92 Å². The van der Waals surface area contributed by atoms with Crippen LogP contribution < -0.4 is 0 Å². The Labute approximate surface area is 184 Å². The van der Waals surface area contributed by atoms with Crippen molar-refractivity contribution in [2.45, 2.75) is 52.7 Å². The molecule has 7 nitrogen and oxygen atoms in total. The summed E-state index contributed by atoms with van der Waals surface area (Å²) in [5, 5.41) is 20.2. The normalized spacial score (nSPS) is 16.0. The Morgan fingerprint density at radius 3 is 2.10 bits per heavy atom. The van der Waals surface area contributed by atoms with E-state index in [0.29, 0.717) is 6.42 Å². The van der Waals surface area contributed by atoms with Gasteiger partial charge in [-0.15, -0.1) is 0 Å². The third-order valence-corrected chi connectivity index (χ3v) is 5.79. The first-order valence-corrected chi connectivity index (χ1v) is 10.1. The number of rotatable bonds is 7. The van der Waals surface area contributed by atoms with Gasteiger partial charge in [0.1, 0.15) is 0 Å². The van der Waals surface area contributed by atoms with Crippen molar-refractivity contribution in [2.24, 2.45) is 0 Å². The molecule has 1 aromatic rings. The molecule has 0 spiro atoms. The molecule has 9 heteroatoms. The number of hydrogen-bond acceptors (Lipinski definition) is 5. The van der Waals surface area contributed by atoms with E-state index in [4.69, 9.17) is 27.9 Å². The number of hydrogen-bond donors (Lipinski definition) is 2. The van der Waals surface area contributed by atoms with Crippen LogP contribution in [0.25, 0.3) is 0 Å². The van der Waals surface area contributed by atoms with Crippen molar-refractivity contribution in [1.82, 2.24) is 4.90 Å². The van der Waals surface area contributed by atoms with Gasteiger partial charge in [-0.3, -0.25) is 4.79 Å². The first-order chi connectivity index (χ1) is 14.0. The Kier molecular flexibility index (Phi) is 7.55. The van der Waals surface area contributed by atoms with Gasteiger partial charge in [0.15, 0.2) is 6.23 Å². The maximum atomic E-state index is 12.2. The van der Waals surface area contributed by atoms with E-state index in [1.54, 1.807) is 32.9 Å². The number of carbonyl (C=O) groups excluding carboxylic acids is 1. The van der Waals surface area contributed by atoms with Gasteiger partial charge in [-0.1, -0.05) is 42.3 Å². The maximum Gasteiger partial charge on any atom is 0.334 e. The third-order valence-electron chi connectivity index (χ3n) is 4.95. The quantitative estimate of drug-likeness (QED) is 0.568. The van der Waals surface area contributed by atoms with Gasteiger partial charge in [0, 0.05) is 17.8 Å². The summed E-state index contributed by atoms with van der Waals surface area (Å²) in [7, 11) is 0.